The van der Waals surface area contributed by atoms with Crippen LogP contribution < -0.4 is 27.0 Å². The van der Waals surface area contributed by atoms with Gasteiger partial charge in [0.2, 0.25) is 23.6 Å². The van der Waals surface area contributed by atoms with Gasteiger partial charge >= 0.3 is 6.09 Å². The molecule has 5 amide bonds. The maximum atomic E-state index is 14.1. The molecule has 2 heterocycles. The molecule has 6 atom stereocenters. The number of unbranched alkanes of at least 4 members (excludes halogenated alkanes) is 2. The number of likely N-dealkylation sites (tertiary alicyclic amines) is 1. The number of carbonyl (C=O) groups is 5. The van der Waals surface area contributed by atoms with E-state index in [9.17, 15) is 34.2 Å². The van der Waals surface area contributed by atoms with Crippen LogP contribution in [0.4, 0.5) is 10.5 Å². The number of carbonyl (C=O) groups excluding carboxylic acids is 5. The zero-order chi connectivity index (χ0) is 45.9. The number of aliphatic hydroxyl groups is 2. The summed E-state index contributed by atoms with van der Waals surface area (Å²) in [6, 6.07) is 10.5. The Bertz CT molecular complexity index is 2010. The van der Waals surface area contributed by atoms with Crippen molar-refractivity contribution in [1.82, 2.24) is 25.8 Å². The predicted octanol–water partition coefficient (Wildman–Crippen LogP) is 5.79. The lowest BCUT2D eigenvalue weighted by Crippen LogP contribution is -2.57. The number of nitrogens with one attached hydrogen (secondary N) is 4. The molecule has 0 aliphatic carbocycles. The number of aliphatic hydroxyl groups excluding tert-OH is 2. The van der Waals surface area contributed by atoms with Crippen molar-refractivity contribution in [3.8, 4) is 10.4 Å². The van der Waals surface area contributed by atoms with Crippen molar-refractivity contribution in [3.63, 3.8) is 0 Å². The molecule has 1 unspecified atom stereocenters. The van der Waals surface area contributed by atoms with Crippen molar-refractivity contribution in [2.24, 2.45) is 11.1 Å². The number of thiazole rings is 1. The number of anilines is 1. The van der Waals surface area contributed by atoms with Gasteiger partial charge in [-0.2, -0.15) is 0 Å². The Morgan fingerprint density at radius 1 is 0.952 bits per heavy atom. The summed E-state index contributed by atoms with van der Waals surface area (Å²) in [4.78, 5) is 73.6. The van der Waals surface area contributed by atoms with Gasteiger partial charge in [0.05, 0.1) is 28.2 Å². The molecule has 1 aliphatic heterocycles. The minimum Gasteiger partial charge on any atom is -0.444 e. The zero-order valence-corrected chi connectivity index (χ0v) is 38.5. The van der Waals surface area contributed by atoms with Gasteiger partial charge in [0.1, 0.15) is 30.0 Å². The molecule has 3 aromatic rings. The second-order valence-corrected chi connectivity index (χ2v) is 19.3. The van der Waals surface area contributed by atoms with Crippen LogP contribution in [0.15, 0.2) is 48.0 Å². The Labute approximate surface area is 370 Å². The molecule has 16 heteroatoms. The largest absolute Gasteiger partial charge is 0.444 e. The Hall–Kier alpha value is -4.90. The highest BCUT2D eigenvalue weighted by atomic mass is 32.1. The lowest BCUT2D eigenvalue weighted by atomic mass is 9.85. The highest BCUT2D eigenvalue weighted by Gasteiger charge is 2.44. The monoisotopic (exact) mass is 877 g/mol. The normalized spacial score (nSPS) is 17.4. The smallest absolute Gasteiger partial charge is 0.408 e. The fourth-order valence-electron chi connectivity index (χ4n) is 7.40. The van der Waals surface area contributed by atoms with Gasteiger partial charge in [-0.1, -0.05) is 57.5 Å². The van der Waals surface area contributed by atoms with Gasteiger partial charge in [0.15, 0.2) is 0 Å². The number of amides is 5. The Kier molecular flexibility index (Phi) is 17.6. The Morgan fingerprint density at radius 2 is 1.65 bits per heavy atom. The van der Waals surface area contributed by atoms with Crippen molar-refractivity contribution < 1.29 is 38.9 Å². The number of ether oxygens (including phenoxy) is 1. The first-order valence-corrected chi connectivity index (χ1v) is 22.3. The number of β-amino-alcohol motifs (C(OH)–C–C–N with tert-alkyl or cyclic N) is 1. The van der Waals surface area contributed by atoms with Crippen LogP contribution in [-0.4, -0.2) is 92.4 Å². The molecule has 1 aromatic heterocycles. The lowest BCUT2D eigenvalue weighted by Gasteiger charge is -2.35. The van der Waals surface area contributed by atoms with Crippen molar-refractivity contribution in [2.75, 3.05) is 11.9 Å². The molecular formula is C46H67N7O8S. The number of aromatic nitrogens is 1. The van der Waals surface area contributed by atoms with Crippen molar-refractivity contribution in [2.45, 2.75) is 156 Å². The lowest BCUT2D eigenvalue weighted by molar-refractivity contribution is -0.144. The minimum atomic E-state index is -1.15. The zero-order valence-electron chi connectivity index (χ0n) is 37.7. The average molecular weight is 878 g/mol. The molecule has 0 spiro atoms. The fraction of sp³-hybridized carbons (Fsp3) is 0.565. The van der Waals surface area contributed by atoms with Crippen molar-refractivity contribution in [1.29, 1.82) is 0 Å². The third kappa shape index (κ3) is 15.2. The molecule has 0 saturated carbocycles. The number of aryl methyl sites for hydroxylation is 3. The molecule has 0 bridgehead atoms. The quantitative estimate of drug-likeness (QED) is 0.0602. The van der Waals surface area contributed by atoms with Crippen molar-refractivity contribution >= 4 is 46.7 Å². The van der Waals surface area contributed by atoms with Gasteiger partial charge in [0.25, 0.3) is 0 Å². The maximum absolute atomic E-state index is 14.1. The molecule has 62 heavy (non-hydrogen) atoms. The number of nitrogens with zero attached hydrogens (tertiary/aromatic N) is 2. The summed E-state index contributed by atoms with van der Waals surface area (Å²) in [5, 5.41) is 31.7. The first-order chi connectivity index (χ1) is 29.0. The second kappa shape index (κ2) is 21.9. The summed E-state index contributed by atoms with van der Waals surface area (Å²) in [6.07, 6.45) is 0.463. The fourth-order valence-corrected chi connectivity index (χ4v) is 8.22. The first kappa shape index (κ1) is 49.8. The third-order valence-electron chi connectivity index (χ3n) is 10.6. The topological polar surface area (TPSA) is 225 Å². The van der Waals surface area contributed by atoms with E-state index in [-0.39, 0.29) is 50.1 Å². The van der Waals surface area contributed by atoms with Gasteiger partial charge in [0, 0.05) is 25.1 Å². The number of hydrogen-bond acceptors (Lipinski definition) is 11. The minimum absolute atomic E-state index is 0.0109. The van der Waals surface area contributed by atoms with Crippen LogP contribution in [0.3, 0.4) is 0 Å². The molecule has 1 saturated heterocycles. The highest BCUT2D eigenvalue weighted by Crippen LogP contribution is 2.30. The summed E-state index contributed by atoms with van der Waals surface area (Å²) in [5.41, 5.74) is 11.2. The number of benzene rings is 2. The second-order valence-electron chi connectivity index (χ2n) is 18.5. The highest BCUT2D eigenvalue weighted by molar-refractivity contribution is 7.13. The first-order valence-electron chi connectivity index (χ1n) is 21.4. The Morgan fingerprint density at radius 3 is 2.26 bits per heavy atom. The van der Waals surface area contributed by atoms with E-state index >= 15 is 0 Å². The van der Waals surface area contributed by atoms with Crippen LogP contribution in [0, 0.1) is 19.3 Å². The summed E-state index contributed by atoms with van der Waals surface area (Å²) < 4.78 is 5.32. The molecule has 340 valence electrons. The molecular weight excluding hydrogens is 811 g/mol. The van der Waals surface area contributed by atoms with Crippen LogP contribution in [0.5, 0.6) is 0 Å². The van der Waals surface area contributed by atoms with E-state index in [0.717, 1.165) is 45.7 Å². The average Bonchev–Trinajstić information content (AvgIpc) is 3.78. The van der Waals surface area contributed by atoms with E-state index in [1.54, 1.807) is 32.1 Å². The molecule has 15 nitrogen and oxygen atoms in total. The number of hydrogen-bond donors (Lipinski definition) is 7. The van der Waals surface area contributed by atoms with E-state index in [0.29, 0.717) is 18.5 Å². The van der Waals surface area contributed by atoms with Gasteiger partial charge in [-0.15, -0.1) is 11.3 Å². The van der Waals surface area contributed by atoms with Crippen LogP contribution in [0.25, 0.3) is 10.4 Å². The molecule has 8 N–H and O–H groups in total. The van der Waals surface area contributed by atoms with Crippen LogP contribution in [-0.2, 0) is 30.3 Å². The molecule has 0 radical (unpaired) electrons. The summed E-state index contributed by atoms with van der Waals surface area (Å²) >= 11 is 1.57. The molecule has 1 aliphatic rings. The third-order valence-corrected chi connectivity index (χ3v) is 11.6. The number of rotatable bonds is 18. The SMILES string of the molecule is Cc1cc(CCCCCC(=O)N[C@H](C(=O)N2C[C@H](O)C[C@H]2C(=O)N[C@@H](C)c2ccc(-c3scnc3C)cc2)C(C)(C)C)cc(NC(=O)[C@H](CCC(N)O)NC(=O)OC(C)(C)C)c1. The van der Waals surface area contributed by atoms with E-state index in [1.807, 2.05) is 89.5 Å². The van der Waals surface area contributed by atoms with Crippen LogP contribution >= 0.6 is 11.3 Å². The van der Waals surface area contributed by atoms with Crippen LogP contribution in [0.1, 0.15) is 122 Å². The van der Waals surface area contributed by atoms with E-state index in [2.05, 4.69) is 26.3 Å². The Balaban J connectivity index is 1.29. The van der Waals surface area contributed by atoms with E-state index < -0.39 is 59.4 Å². The predicted molar refractivity (Wildman–Crippen MR) is 241 cm³/mol. The maximum Gasteiger partial charge on any atom is 0.408 e. The number of nitrogens with two attached hydrogens (primary N) is 1. The van der Waals surface area contributed by atoms with Gasteiger partial charge in [-0.05, 0) is 113 Å². The number of alkyl carbamates (subject to hydrolysis) is 1. The summed E-state index contributed by atoms with van der Waals surface area (Å²) in [5.74, 6) is -1.53. The molecule has 2 aromatic carbocycles. The van der Waals surface area contributed by atoms with Gasteiger partial charge in [-0.25, -0.2) is 9.78 Å². The standard InChI is InChI=1S/C46H67N7O8S/c1-27-21-30(23-33(22-27)50-41(57)35(19-20-37(47)55)51-44(60)61-46(7,8)9)13-11-10-12-14-38(56)52-40(45(4,5)6)43(59)53-25-34(54)24-36(53)42(58)49-28(2)31-15-17-32(18-16-31)39-29(3)48-26-62-39/h15-18,21-23,26,28,34-37,40,54-55H,10-14,19-20,24-25,47H2,1-9H3,(H,49,58)(H,50,57)(H,51,60)(H,52,56)/t28-,34+,35-,36-,37?,40+/m0/s1. The molecule has 4 rings (SSSR count). The van der Waals surface area contributed by atoms with Crippen LogP contribution in [0.2, 0.25) is 0 Å². The van der Waals surface area contributed by atoms with E-state index in [4.69, 9.17) is 10.5 Å². The van der Waals surface area contributed by atoms with E-state index in [1.165, 1.54) is 4.90 Å². The summed E-state index contributed by atoms with van der Waals surface area (Å²) in [6.45, 7) is 16.5. The van der Waals surface area contributed by atoms with Gasteiger partial charge < -0.3 is 46.9 Å². The van der Waals surface area contributed by atoms with Gasteiger partial charge in [-0.3, -0.25) is 19.2 Å². The van der Waals surface area contributed by atoms with Crippen molar-refractivity contribution in [3.05, 3.63) is 70.4 Å². The summed E-state index contributed by atoms with van der Waals surface area (Å²) in [7, 11) is 0. The molecule has 1 fully saturated rings.